The molecule has 2 aliphatic heterocycles. The molecule has 2 unspecified atom stereocenters. The topological polar surface area (TPSA) is 35.6 Å². The molecular formula is C14H29Cl2N3O. The van der Waals surface area contributed by atoms with E-state index in [1.807, 2.05) is 0 Å². The largest absolute Gasteiger partial charge is 0.341 e. The van der Waals surface area contributed by atoms with E-state index < -0.39 is 0 Å². The Morgan fingerprint density at radius 1 is 1.35 bits per heavy atom. The number of likely N-dealkylation sites (N-methyl/N-ethyl adjacent to an activating group) is 1. The molecule has 4 nitrogen and oxygen atoms in total. The molecule has 2 fully saturated rings. The van der Waals surface area contributed by atoms with Crippen LogP contribution in [0.2, 0.25) is 0 Å². The highest BCUT2D eigenvalue weighted by Crippen LogP contribution is 2.29. The highest BCUT2D eigenvalue weighted by atomic mass is 35.5. The molecule has 0 saturated carbocycles. The van der Waals surface area contributed by atoms with Gasteiger partial charge >= 0.3 is 0 Å². The van der Waals surface area contributed by atoms with Crippen LogP contribution < -0.4 is 5.32 Å². The summed E-state index contributed by atoms with van der Waals surface area (Å²) in [6.07, 6.45) is 2.12. The highest BCUT2D eigenvalue weighted by molar-refractivity contribution is 5.85. The number of likely N-dealkylation sites (tertiary alicyclic amines) is 1. The first-order valence-electron chi connectivity index (χ1n) is 7.35. The summed E-state index contributed by atoms with van der Waals surface area (Å²) in [6, 6.07) is 0.571. The molecule has 2 heterocycles. The van der Waals surface area contributed by atoms with Crippen LogP contribution in [0.25, 0.3) is 0 Å². The summed E-state index contributed by atoms with van der Waals surface area (Å²) < 4.78 is 0. The third kappa shape index (κ3) is 4.00. The molecule has 0 spiro atoms. The maximum atomic E-state index is 12.6. The Morgan fingerprint density at radius 3 is 2.50 bits per heavy atom. The van der Waals surface area contributed by atoms with Crippen LogP contribution in [0.4, 0.5) is 0 Å². The predicted octanol–water partition coefficient (Wildman–Crippen LogP) is 1.77. The number of carbonyl (C=O) groups is 1. The predicted molar refractivity (Wildman–Crippen MR) is 88.0 cm³/mol. The Labute approximate surface area is 135 Å². The molecule has 0 aromatic carbocycles. The summed E-state index contributed by atoms with van der Waals surface area (Å²) in [7, 11) is 0. The van der Waals surface area contributed by atoms with Crippen molar-refractivity contribution in [3.63, 3.8) is 0 Å². The van der Waals surface area contributed by atoms with Gasteiger partial charge in [0, 0.05) is 25.7 Å². The Kier molecular flexibility index (Phi) is 8.41. The Bertz CT molecular complexity index is 305. The maximum Gasteiger partial charge on any atom is 0.229 e. The minimum atomic E-state index is -0.155. The fourth-order valence-electron chi connectivity index (χ4n) is 3.35. The molecule has 2 atom stereocenters. The van der Waals surface area contributed by atoms with Crippen LogP contribution in [0.15, 0.2) is 0 Å². The summed E-state index contributed by atoms with van der Waals surface area (Å²) in [5.41, 5.74) is -0.155. The lowest BCUT2D eigenvalue weighted by molar-refractivity contribution is -0.139. The smallest absolute Gasteiger partial charge is 0.229 e. The number of hydrogen-bond acceptors (Lipinski definition) is 3. The molecule has 0 aliphatic carbocycles. The second-order valence-corrected chi connectivity index (χ2v) is 5.90. The van der Waals surface area contributed by atoms with E-state index in [4.69, 9.17) is 0 Å². The maximum absolute atomic E-state index is 12.6. The van der Waals surface area contributed by atoms with E-state index in [0.717, 1.165) is 52.1 Å². The van der Waals surface area contributed by atoms with Crippen molar-refractivity contribution in [1.82, 2.24) is 15.1 Å². The Hall–Kier alpha value is -0.0300. The minimum absolute atomic E-state index is 0. The monoisotopic (exact) mass is 325 g/mol. The third-order valence-corrected chi connectivity index (χ3v) is 4.66. The van der Waals surface area contributed by atoms with Crippen molar-refractivity contribution in [2.24, 2.45) is 5.41 Å². The van der Waals surface area contributed by atoms with Gasteiger partial charge in [-0.1, -0.05) is 13.8 Å². The molecule has 1 amide bonds. The molecule has 0 aromatic rings. The van der Waals surface area contributed by atoms with E-state index in [1.165, 1.54) is 0 Å². The van der Waals surface area contributed by atoms with Gasteiger partial charge in [-0.15, -0.1) is 24.8 Å². The highest BCUT2D eigenvalue weighted by Gasteiger charge is 2.41. The van der Waals surface area contributed by atoms with E-state index >= 15 is 0 Å². The molecule has 6 heteroatoms. The number of halogens is 2. The van der Waals surface area contributed by atoms with Gasteiger partial charge in [0.2, 0.25) is 5.91 Å². The van der Waals surface area contributed by atoms with E-state index in [1.54, 1.807) is 0 Å². The van der Waals surface area contributed by atoms with E-state index in [9.17, 15) is 4.79 Å². The minimum Gasteiger partial charge on any atom is -0.341 e. The summed E-state index contributed by atoms with van der Waals surface area (Å²) in [5, 5.41) is 3.32. The Morgan fingerprint density at radius 2 is 2.00 bits per heavy atom. The molecule has 0 bridgehead atoms. The molecule has 2 saturated heterocycles. The molecule has 2 aliphatic rings. The number of amides is 1. The van der Waals surface area contributed by atoms with Crippen molar-refractivity contribution in [3.8, 4) is 0 Å². The quantitative estimate of drug-likeness (QED) is 0.855. The lowest BCUT2D eigenvalue weighted by atomic mass is 9.88. The molecule has 20 heavy (non-hydrogen) atoms. The van der Waals surface area contributed by atoms with Crippen molar-refractivity contribution >= 4 is 30.7 Å². The van der Waals surface area contributed by atoms with E-state index in [-0.39, 0.29) is 30.2 Å². The first kappa shape index (κ1) is 20.0. The van der Waals surface area contributed by atoms with Crippen molar-refractivity contribution in [2.75, 3.05) is 39.3 Å². The zero-order valence-electron chi connectivity index (χ0n) is 12.9. The van der Waals surface area contributed by atoms with Gasteiger partial charge < -0.3 is 10.2 Å². The number of hydrogen-bond donors (Lipinski definition) is 1. The van der Waals surface area contributed by atoms with Gasteiger partial charge in [0.15, 0.2) is 0 Å². The second-order valence-electron chi connectivity index (χ2n) is 5.90. The first-order chi connectivity index (χ1) is 8.60. The van der Waals surface area contributed by atoms with Gasteiger partial charge in [-0.3, -0.25) is 9.69 Å². The molecule has 2 rings (SSSR count). The molecular weight excluding hydrogens is 297 g/mol. The van der Waals surface area contributed by atoms with Crippen LogP contribution >= 0.6 is 24.8 Å². The number of nitrogens with one attached hydrogen (secondary N) is 1. The zero-order valence-corrected chi connectivity index (χ0v) is 14.5. The van der Waals surface area contributed by atoms with Crippen LogP contribution in [0, 0.1) is 5.41 Å². The average molecular weight is 326 g/mol. The van der Waals surface area contributed by atoms with E-state index in [2.05, 4.69) is 35.9 Å². The fourth-order valence-corrected chi connectivity index (χ4v) is 3.35. The van der Waals surface area contributed by atoms with Crippen LogP contribution in [0.1, 0.15) is 33.6 Å². The molecule has 0 aromatic heterocycles. The molecule has 1 N–H and O–H groups in total. The zero-order chi connectivity index (χ0) is 13.2. The number of carbonyl (C=O) groups excluding carboxylic acids is 1. The summed E-state index contributed by atoms with van der Waals surface area (Å²) >= 11 is 0. The van der Waals surface area contributed by atoms with Crippen molar-refractivity contribution in [1.29, 1.82) is 0 Å². The Balaban J connectivity index is 0.00000180. The number of nitrogens with zero attached hydrogens (tertiary/aromatic N) is 2. The van der Waals surface area contributed by atoms with Crippen LogP contribution in [-0.2, 0) is 4.79 Å². The van der Waals surface area contributed by atoms with Gasteiger partial charge in [0.1, 0.15) is 0 Å². The fraction of sp³-hybridized carbons (Fsp3) is 0.929. The SMILES string of the molecule is CCN(CC)C1CCN(C(=O)C2(C)CCNC2)C1.Cl.Cl. The van der Waals surface area contributed by atoms with Gasteiger partial charge in [-0.2, -0.15) is 0 Å². The molecule has 0 radical (unpaired) electrons. The van der Waals surface area contributed by atoms with Gasteiger partial charge in [0.05, 0.1) is 5.41 Å². The van der Waals surface area contributed by atoms with Gasteiger partial charge in [-0.25, -0.2) is 0 Å². The number of rotatable bonds is 4. The van der Waals surface area contributed by atoms with Crippen LogP contribution in [-0.4, -0.2) is 61.0 Å². The van der Waals surface area contributed by atoms with Gasteiger partial charge in [-0.05, 0) is 39.4 Å². The van der Waals surface area contributed by atoms with Crippen molar-refractivity contribution in [3.05, 3.63) is 0 Å². The lowest BCUT2D eigenvalue weighted by Gasteiger charge is -2.30. The van der Waals surface area contributed by atoms with Crippen molar-refractivity contribution in [2.45, 2.75) is 39.7 Å². The van der Waals surface area contributed by atoms with Crippen LogP contribution in [0.3, 0.4) is 0 Å². The molecule has 120 valence electrons. The summed E-state index contributed by atoms with van der Waals surface area (Å²) in [5.74, 6) is 0.363. The van der Waals surface area contributed by atoms with Gasteiger partial charge in [0.25, 0.3) is 0 Å². The van der Waals surface area contributed by atoms with Crippen LogP contribution in [0.5, 0.6) is 0 Å². The second kappa shape index (κ2) is 8.42. The summed E-state index contributed by atoms with van der Waals surface area (Å²) in [4.78, 5) is 17.1. The summed E-state index contributed by atoms with van der Waals surface area (Å²) in [6.45, 7) is 12.4. The standard InChI is InChI=1S/C14H27N3O.2ClH/c1-4-16(5-2)12-6-9-17(10-12)13(18)14(3)7-8-15-11-14;;/h12,15H,4-11H2,1-3H3;2*1H. The lowest BCUT2D eigenvalue weighted by Crippen LogP contribution is -2.44. The van der Waals surface area contributed by atoms with E-state index in [0.29, 0.717) is 11.9 Å². The third-order valence-electron chi connectivity index (χ3n) is 4.66. The van der Waals surface area contributed by atoms with Crippen molar-refractivity contribution < 1.29 is 4.79 Å². The normalized spacial score (nSPS) is 29.2. The first-order valence-corrected chi connectivity index (χ1v) is 7.35. The average Bonchev–Trinajstić information content (AvgIpc) is 3.00.